The monoisotopic (exact) mass is 504 g/mol. The molecule has 2 aliphatic rings. The van der Waals surface area contributed by atoms with Gasteiger partial charge in [-0.2, -0.15) is 0 Å². The van der Waals surface area contributed by atoms with Crippen LogP contribution in [0.4, 0.5) is 0 Å². The van der Waals surface area contributed by atoms with Crippen molar-refractivity contribution >= 4 is 43.8 Å². The molecule has 0 aromatic heterocycles. The number of allylic oxidation sites excluding steroid dienone is 4. The first kappa shape index (κ1) is 23.4. The van der Waals surface area contributed by atoms with Crippen LogP contribution in [0.1, 0.15) is 29.5 Å². The van der Waals surface area contributed by atoms with Gasteiger partial charge in [-0.3, -0.25) is 0 Å². The first-order chi connectivity index (χ1) is 12.6. The Morgan fingerprint density at radius 2 is 1.14 bits per heavy atom. The SMILES string of the molecule is C=C[CH2][Zr](=[SiH2])([CH2]C=C)([CH]1C=Cc2ccccc21)[CH]1C=Cc2ccccc21.Cl.Cl. The summed E-state index contributed by atoms with van der Waals surface area (Å²) in [7, 11) is 0. The zero-order chi connectivity index (χ0) is 18.2. The van der Waals surface area contributed by atoms with Gasteiger partial charge in [0.1, 0.15) is 0 Å². The zero-order valence-corrected chi connectivity index (χ0v) is 21.6. The first-order valence-electron chi connectivity index (χ1n) is 9.41. The minimum absolute atomic E-state index is 0. The Bertz CT molecular complexity index is 937. The average Bonchev–Trinajstić information content (AvgIpc) is 3.27. The molecule has 0 aliphatic heterocycles. The van der Waals surface area contributed by atoms with Crippen LogP contribution in [-0.2, 0) is 17.4 Å². The van der Waals surface area contributed by atoms with Gasteiger partial charge in [-0.15, -0.1) is 24.8 Å². The second-order valence-corrected chi connectivity index (χ2v) is 34.4. The summed E-state index contributed by atoms with van der Waals surface area (Å²) in [6.45, 7) is 10.8. The fourth-order valence-corrected chi connectivity index (χ4v) is 28.0. The maximum atomic E-state index is 4.20. The molecule has 2 atom stereocenters. The van der Waals surface area contributed by atoms with Crippen molar-refractivity contribution in [1.82, 2.24) is 0 Å². The summed E-state index contributed by atoms with van der Waals surface area (Å²) in [4.78, 5) is 0. The molecule has 0 bridgehead atoms. The summed E-state index contributed by atoms with van der Waals surface area (Å²) < 4.78 is 3.39. The minimum atomic E-state index is -3.47. The molecule has 0 saturated carbocycles. The van der Waals surface area contributed by atoms with Crippen LogP contribution >= 0.6 is 24.8 Å². The predicted molar refractivity (Wildman–Crippen MR) is 129 cm³/mol. The molecule has 2 unspecified atom stereocenters. The summed E-state index contributed by atoms with van der Waals surface area (Å²) in [5.74, 6) is 0. The van der Waals surface area contributed by atoms with Gasteiger partial charge in [0.05, 0.1) is 0 Å². The third kappa shape index (κ3) is 3.43. The predicted octanol–water partition coefficient (Wildman–Crippen LogP) is 6.81. The van der Waals surface area contributed by atoms with Crippen molar-refractivity contribution in [1.29, 1.82) is 0 Å². The summed E-state index contributed by atoms with van der Waals surface area (Å²) >= 11 is -3.47. The number of rotatable bonds is 6. The molecule has 0 heterocycles. The number of hydrogen-bond acceptors (Lipinski definition) is 0. The molecular weight excluding hydrogens is 478 g/mol. The molecule has 0 N–H and O–H groups in total. The maximum absolute atomic E-state index is 4.20. The molecule has 0 radical (unpaired) electrons. The molecule has 0 fully saturated rings. The van der Waals surface area contributed by atoms with Gasteiger partial charge in [-0.05, 0) is 0 Å². The van der Waals surface area contributed by atoms with Gasteiger partial charge in [0.15, 0.2) is 0 Å². The molecule has 2 aromatic rings. The number of halogens is 2. The van der Waals surface area contributed by atoms with E-state index in [-0.39, 0.29) is 24.8 Å². The Hall–Kier alpha value is -0.920. The third-order valence-electron chi connectivity index (χ3n) is 6.61. The molecular formula is C24H28Cl2SiZr. The Morgan fingerprint density at radius 1 is 0.750 bits per heavy atom. The van der Waals surface area contributed by atoms with Crippen LogP contribution in [-0.4, -0.2) is 6.88 Å². The average molecular weight is 507 g/mol. The molecule has 28 heavy (non-hydrogen) atoms. The van der Waals surface area contributed by atoms with Crippen molar-refractivity contribution < 1.29 is 17.4 Å². The van der Waals surface area contributed by atoms with Crippen molar-refractivity contribution in [3.05, 3.63) is 108 Å². The van der Waals surface area contributed by atoms with Gasteiger partial charge >= 0.3 is 160 Å². The normalized spacial score (nSPS) is 19.2. The van der Waals surface area contributed by atoms with Crippen LogP contribution in [0, 0.1) is 0 Å². The van der Waals surface area contributed by atoms with Crippen LogP contribution in [0.5, 0.6) is 0 Å². The molecule has 0 amide bonds. The molecule has 0 spiro atoms. The largest absolute Gasteiger partial charge is 0.147 e. The molecule has 4 rings (SSSR count). The van der Waals surface area contributed by atoms with Gasteiger partial charge in [0, 0.05) is 0 Å². The van der Waals surface area contributed by atoms with Crippen LogP contribution in [0.15, 0.2) is 86.0 Å². The van der Waals surface area contributed by atoms with Gasteiger partial charge in [0.25, 0.3) is 0 Å². The van der Waals surface area contributed by atoms with Crippen molar-refractivity contribution in [2.45, 2.75) is 15.5 Å². The molecule has 0 saturated heterocycles. The van der Waals surface area contributed by atoms with Crippen molar-refractivity contribution in [3.63, 3.8) is 0 Å². The van der Waals surface area contributed by atoms with Gasteiger partial charge in [-0.25, -0.2) is 0 Å². The van der Waals surface area contributed by atoms with E-state index < -0.39 is 17.4 Å². The van der Waals surface area contributed by atoms with Gasteiger partial charge < -0.3 is 0 Å². The molecule has 146 valence electrons. The zero-order valence-electron chi connectivity index (χ0n) is 16.1. The van der Waals surface area contributed by atoms with Gasteiger partial charge in [0.2, 0.25) is 0 Å². The fourth-order valence-electron chi connectivity index (χ4n) is 5.38. The van der Waals surface area contributed by atoms with Crippen molar-refractivity contribution in [2.24, 2.45) is 0 Å². The summed E-state index contributed by atoms with van der Waals surface area (Å²) in [6, 6.07) is 17.9. The van der Waals surface area contributed by atoms with E-state index >= 15 is 0 Å². The first-order valence-corrected chi connectivity index (χ1v) is 21.6. The Balaban J connectivity index is 0.00000140. The Kier molecular flexibility index (Phi) is 7.37. The van der Waals surface area contributed by atoms with Crippen LogP contribution in [0.25, 0.3) is 12.2 Å². The third-order valence-corrected chi connectivity index (χ3v) is 32.5. The van der Waals surface area contributed by atoms with E-state index in [1.807, 2.05) is 0 Å². The topological polar surface area (TPSA) is 0 Å². The Labute approximate surface area is 183 Å². The van der Waals surface area contributed by atoms with Crippen molar-refractivity contribution in [2.75, 3.05) is 0 Å². The van der Waals surface area contributed by atoms with Crippen LogP contribution in [0.2, 0.25) is 8.26 Å². The van der Waals surface area contributed by atoms with Crippen LogP contribution < -0.4 is 0 Å². The smallest absolute Gasteiger partial charge is 0.147 e. The summed E-state index contributed by atoms with van der Waals surface area (Å²) in [6.07, 6.45) is 14.1. The number of fused-ring (bicyclic) bond motifs is 2. The molecule has 4 heteroatoms. The molecule has 2 aliphatic carbocycles. The minimum Gasteiger partial charge on any atom is -0.147 e. The van der Waals surface area contributed by atoms with E-state index in [2.05, 4.69) is 105 Å². The summed E-state index contributed by atoms with van der Waals surface area (Å²) in [5.41, 5.74) is 5.84. The number of hydrogen-bond donors (Lipinski definition) is 0. The molecule has 0 nitrogen and oxygen atoms in total. The van der Waals surface area contributed by atoms with Crippen LogP contribution in [0.3, 0.4) is 0 Å². The van der Waals surface area contributed by atoms with E-state index in [0.717, 1.165) is 8.26 Å². The fraction of sp³-hybridized carbons (Fsp3) is 0.167. The van der Waals surface area contributed by atoms with E-state index in [9.17, 15) is 0 Å². The Morgan fingerprint density at radius 3 is 1.54 bits per heavy atom. The quantitative estimate of drug-likeness (QED) is 0.298. The van der Waals surface area contributed by atoms with E-state index in [4.69, 9.17) is 0 Å². The van der Waals surface area contributed by atoms with E-state index in [0.29, 0.717) is 7.25 Å². The standard InChI is InChI=1S/2C9H7.2C3H5.2ClH.H2Si.Zr/c2*1-2-5-9-7-3-6-8(9)4-1;2*1-3-2;;;;/h2*1-7H;2*3H,1-2H2;2*1H;1H2;. The van der Waals surface area contributed by atoms with Crippen molar-refractivity contribution in [3.8, 4) is 0 Å². The van der Waals surface area contributed by atoms with Gasteiger partial charge in [-0.1, -0.05) is 0 Å². The maximum Gasteiger partial charge on any atom is -0.147 e. The second kappa shape index (κ2) is 8.84. The second-order valence-electron chi connectivity index (χ2n) is 8.06. The van der Waals surface area contributed by atoms with E-state index in [1.54, 1.807) is 0 Å². The number of benzene rings is 2. The summed E-state index contributed by atoms with van der Waals surface area (Å²) in [5, 5.41) is 0. The van der Waals surface area contributed by atoms with E-state index in [1.165, 1.54) is 22.3 Å². The molecule has 2 aromatic carbocycles.